The number of rotatable bonds is 6. The number of nitrogens with two attached hydrogens (primary N) is 1. The zero-order valence-corrected chi connectivity index (χ0v) is 17.5. The van der Waals surface area contributed by atoms with Crippen LogP contribution in [0.5, 0.6) is 5.75 Å². The van der Waals surface area contributed by atoms with E-state index in [-0.39, 0.29) is 31.0 Å². The summed E-state index contributed by atoms with van der Waals surface area (Å²) in [6.07, 6.45) is 3.50. The molecule has 1 aliphatic carbocycles. The minimum Gasteiger partial charge on any atom is -0.486 e. The molecule has 2 aromatic rings. The molecule has 6 nitrogen and oxygen atoms in total. The molecule has 172 valence electrons. The van der Waals surface area contributed by atoms with Gasteiger partial charge in [-0.1, -0.05) is 36.4 Å². The number of halogens is 3. The number of carbonyl (C=O) groups is 2. The summed E-state index contributed by atoms with van der Waals surface area (Å²) in [5, 5.41) is 4.85. The van der Waals surface area contributed by atoms with Crippen LogP contribution in [0.25, 0.3) is 0 Å². The third-order valence-corrected chi connectivity index (χ3v) is 5.84. The summed E-state index contributed by atoms with van der Waals surface area (Å²) in [5.74, 6) is -5.18. The van der Waals surface area contributed by atoms with Gasteiger partial charge in [0.25, 0.3) is 0 Å². The molecule has 0 radical (unpaired) electrons. The van der Waals surface area contributed by atoms with Crippen LogP contribution in [0.3, 0.4) is 0 Å². The van der Waals surface area contributed by atoms with Crippen LogP contribution in [-0.2, 0) is 11.4 Å². The van der Waals surface area contributed by atoms with Crippen molar-refractivity contribution in [2.24, 2.45) is 11.7 Å². The van der Waals surface area contributed by atoms with Crippen LogP contribution < -0.4 is 21.1 Å². The number of allylic oxidation sites excluding steroid dienone is 3. The van der Waals surface area contributed by atoms with Gasteiger partial charge in [-0.3, -0.25) is 4.79 Å². The van der Waals surface area contributed by atoms with Crippen molar-refractivity contribution in [3.8, 4) is 5.75 Å². The van der Waals surface area contributed by atoms with E-state index >= 15 is 8.78 Å². The molecule has 33 heavy (non-hydrogen) atoms. The van der Waals surface area contributed by atoms with Crippen molar-refractivity contribution in [3.05, 3.63) is 89.2 Å². The van der Waals surface area contributed by atoms with Crippen LogP contribution in [0.1, 0.15) is 23.5 Å². The van der Waals surface area contributed by atoms with Gasteiger partial charge in [-0.05, 0) is 29.8 Å². The first kappa shape index (κ1) is 22.4. The van der Waals surface area contributed by atoms with E-state index in [4.69, 9.17) is 10.5 Å². The van der Waals surface area contributed by atoms with Crippen molar-refractivity contribution in [1.82, 2.24) is 10.6 Å². The van der Waals surface area contributed by atoms with Crippen molar-refractivity contribution in [2.75, 3.05) is 6.54 Å². The molecule has 1 aliphatic heterocycles. The molecule has 9 heteroatoms. The van der Waals surface area contributed by atoms with E-state index in [1.807, 2.05) is 18.2 Å². The van der Waals surface area contributed by atoms with Gasteiger partial charge in [0.05, 0.1) is 5.92 Å². The lowest BCUT2D eigenvalue weighted by atomic mass is 9.74. The molecule has 1 saturated heterocycles. The maximum absolute atomic E-state index is 15.9. The Kier molecular flexibility index (Phi) is 6.13. The Balaban J connectivity index is 1.61. The lowest BCUT2D eigenvalue weighted by Gasteiger charge is -2.32. The second-order valence-corrected chi connectivity index (χ2v) is 7.99. The van der Waals surface area contributed by atoms with Gasteiger partial charge in [-0.2, -0.15) is 0 Å². The van der Waals surface area contributed by atoms with E-state index in [0.717, 1.165) is 17.7 Å². The highest BCUT2D eigenvalue weighted by Gasteiger charge is 2.51. The molecule has 0 saturated carbocycles. The second kappa shape index (κ2) is 9.01. The Labute approximate surface area is 188 Å². The zero-order valence-electron chi connectivity index (χ0n) is 17.5. The largest absolute Gasteiger partial charge is 0.486 e. The Bertz CT molecular complexity index is 1140. The second-order valence-electron chi connectivity index (χ2n) is 7.99. The Morgan fingerprint density at radius 3 is 2.64 bits per heavy atom. The SMILES string of the molecule is NC(=O)NC1=CC[C@](F)([C@@H]2C(=O)NCC2c2c(F)ccc(OCc3ccccc3)c2F)C=C1. The van der Waals surface area contributed by atoms with Gasteiger partial charge >= 0.3 is 6.03 Å². The first-order valence-corrected chi connectivity index (χ1v) is 10.4. The molecule has 0 bridgehead atoms. The third kappa shape index (κ3) is 4.57. The van der Waals surface area contributed by atoms with Crippen LogP contribution in [0.4, 0.5) is 18.0 Å². The zero-order chi connectivity index (χ0) is 23.6. The van der Waals surface area contributed by atoms with Crippen molar-refractivity contribution in [1.29, 1.82) is 0 Å². The fraction of sp³-hybridized carbons (Fsp3) is 0.250. The third-order valence-electron chi connectivity index (χ3n) is 5.84. The van der Waals surface area contributed by atoms with E-state index in [0.29, 0.717) is 0 Å². The quantitative estimate of drug-likeness (QED) is 0.619. The smallest absolute Gasteiger partial charge is 0.316 e. The molecule has 3 amide bonds. The number of nitrogens with one attached hydrogen (secondary N) is 2. The first-order valence-electron chi connectivity index (χ1n) is 10.4. The van der Waals surface area contributed by atoms with Gasteiger partial charge in [-0.15, -0.1) is 0 Å². The Hall–Kier alpha value is -3.75. The van der Waals surface area contributed by atoms with Gasteiger partial charge in [-0.25, -0.2) is 18.0 Å². The van der Waals surface area contributed by atoms with Crippen LogP contribution in [0.2, 0.25) is 0 Å². The number of carbonyl (C=O) groups excluding carboxylic acids is 2. The molecule has 4 rings (SSSR count). The van der Waals surface area contributed by atoms with Crippen molar-refractivity contribution in [3.63, 3.8) is 0 Å². The van der Waals surface area contributed by atoms with Gasteiger partial charge in [0, 0.05) is 30.1 Å². The Morgan fingerprint density at radius 1 is 1.21 bits per heavy atom. The number of hydrogen-bond donors (Lipinski definition) is 3. The standard InChI is InChI=1S/C24H22F3N3O3/c25-17-6-7-18(33-13-14-4-2-1-3-5-14)21(26)19(17)16-12-29-22(31)20(16)24(27)10-8-15(9-11-24)30-23(28)32/h1-10,16,20H,11-13H2,(H,29,31)(H3,28,30,32)/t16?,20-,24-/m0/s1. The van der Waals surface area contributed by atoms with Crippen LogP contribution in [-0.4, -0.2) is 24.2 Å². The number of alkyl halides is 1. The summed E-state index contributed by atoms with van der Waals surface area (Å²) in [7, 11) is 0. The average Bonchev–Trinajstić information content (AvgIpc) is 3.17. The lowest BCUT2D eigenvalue weighted by molar-refractivity contribution is -0.126. The molecule has 1 fully saturated rings. The van der Waals surface area contributed by atoms with Crippen LogP contribution in [0, 0.1) is 17.6 Å². The molecule has 3 atom stereocenters. The number of ether oxygens (including phenoxy) is 1. The lowest BCUT2D eigenvalue weighted by Crippen LogP contribution is -2.40. The maximum atomic E-state index is 15.9. The van der Waals surface area contributed by atoms with Gasteiger partial charge in [0.2, 0.25) is 5.91 Å². The monoisotopic (exact) mass is 457 g/mol. The number of benzene rings is 2. The average molecular weight is 457 g/mol. The predicted molar refractivity (Wildman–Crippen MR) is 115 cm³/mol. The molecule has 0 spiro atoms. The summed E-state index contributed by atoms with van der Waals surface area (Å²) in [6, 6.07) is 10.5. The molecule has 0 aromatic heterocycles. The maximum Gasteiger partial charge on any atom is 0.316 e. The van der Waals surface area contributed by atoms with E-state index in [1.165, 1.54) is 18.2 Å². The molecule has 2 aliphatic rings. The number of urea groups is 1. The fourth-order valence-electron chi connectivity index (χ4n) is 4.27. The summed E-state index contributed by atoms with van der Waals surface area (Å²) < 4.78 is 51.6. The van der Waals surface area contributed by atoms with Crippen molar-refractivity contribution >= 4 is 11.9 Å². The molecule has 2 aromatic carbocycles. The van der Waals surface area contributed by atoms with E-state index in [9.17, 15) is 14.0 Å². The summed E-state index contributed by atoms with van der Waals surface area (Å²) >= 11 is 0. The fourth-order valence-corrected chi connectivity index (χ4v) is 4.27. The predicted octanol–water partition coefficient (Wildman–Crippen LogP) is 3.59. The molecular formula is C24H22F3N3O3. The van der Waals surface area contributed by atoms with Crippen LogP contribution >= 0.6 is 0 Å². The first-order chi connectivity index (χ1) is 15.8. The molecule has 4 N–H and O–H groups in total. The minimum absolute atomic E-state index is 0.0599. The summed E-state index contributed by atoms with van der Waals surface area (Å²) in [5.41, 5.74) is 3.52. The van der Waals surface area contributed by atoms with Gasteiger partial charge in [0.15, 0.2) is 11.6 Å². The van der Waals surface area contributed by atoms with Crippen molar-refractivity contribution in [2.45, 2.75) is 24.6 Å². The normalized spacial score (nSPS) is 24.2. The molecular weight excluding hydrogens is 435 g/mol. The summed E-state index contributed by atoms with van der Waals surface area (Å²) in [6.45, 7) is -0.0700. The van der Waals surface area contributed by atoms with E-state index in [1.54, 1.807) is 12.1 Å². The highest BCUT2D eigenvalue weighted by molar-refractivity contribution is 5.84. The van der Waals surface area contributed by atoms with E-state index < -0.39 is 46.6 Å². The summed E-state index contributed by atoms with van der Waals surface area (Å²) in [4.78, 5) is 23.6. The van der Waals surface area contributed by atoms with Gasteiger partial charge < -0.3 is 21.1 Å². The van der Waals surface area contributed by atoms with E-state index in [2.05, 4.69) is 10.6 Å². The Morgan fingerprint density at radius 2 is 1.97 bits per heavy atom. The highest BCUT2D eigenvalue weighted by atomic mass is 19.1. The van der Waals surface area contributed by atoms with Crippen LogP contribution in [0.15, 0.2) is 66.4 Å². The topological polar surface area (TPSA) is 93.5 Å². The van der Waals surface area contributed by atoms with Crippen molar-refractivity contribution < 1.29 is 27.5 Å². The molecule has 1 unspecified atom stereocenters. The molecule has 1 heterocycles. The highest BCUT2D eigenvalue weighted by Crippen LogP contribution is 2.45. The number of hydrogen-bond acceptors (Lipinski definition) is 3. The number of primary amides is 1. The van der Waals surface area contributed by atoms with Gasteiger partial charge in [0.1, 0.15) is 18.1 Å². The minimum atomic E-state index is -2.21. The number of amides is 3.